The molecule has 1 heterocycles. The Hall–Kier alpha value is -0.730. The molecule has 1 aromatic heterocycles. The Bertz CT molecular complexity index is 404. The van der Waals surface area contributed by atoms with E-state index in [4.69, 9.17) is 16.9 Å². The van der Waals surface area contributed by atoms with Crippen molar-refractivity contribution >= 4 is 27.5 Å². The molecule has 1 aromatic rings. The lowest BCUT2D eigenvalue weighted by Gasteiger charge is -2.10. The summed E-state index contributed by atoms with van der Waals surface area (Å²) in [6, 6.07) is 1.79. The third kappa shape index (κ3) is 2.64. The Balaban J connectivity index is 3.32. The van der Waals surface area contributed by atoms with E-state index >= 15 is 0 Å². The van der Waals surface area contributed by atoms with E-state index in [9.17, 15) is 8.78 Å². The molecule has 0 aromatic carbocycles. The highest BCUT2D eigenvalue weighted by Crippen LogP contribution is 2.32. The molecule has 15 heavy (non-hydrogen) atoms. The first-order valence-electron chi connectivity index (χ1n) is 3.99. The van der Waals surface area contributed by atoms with Gasteiger partial charge in [0.15, 0.2) is 0 Å². The number of nitrogens with zero attached hydrogens (tertiary/aromatic N) is 2. The van der Waals surface area contributed by atoms with Crippen LogP contribution in [0, 0.1) is 11.3 Å². The average molecular weight is 296 g/mol. The van der Waals surface area contributed by atoms with Crippen LogP contribution in [0.4, 0.5) is 8.78 Å². The first-order chi connectivity index (χ1) is 7.11. The molecule has 0 bridgehead atoms. The van der Waals surface area contributed by atoms with Gasteiger partial charge in [-0.3, -0.25) is 4.98 Å². The number of hydrogen-bond donors (Lipinski definition) is 0. The summed E-state index contributed by atoms with van der Waals surface area (Å²) >= 11 is 8.61. The van der Waals surface area contributed by atoms with E-state index in [1.807, 2.05) is 0 Å². The third-order valence-corrected chi connectivity index (χ3v) is 3.04. The van der Waals surface area contributed by atoms with Crippen LogP contribution in [-0.4, -0.2) is 4.98 Å². The molecule has 0 amide bonds. The first kappa shape index (κ1) is 12.3. The highest BCUT2D eigenvalue weighted by Gasteiger charge is 2.20. The van der Waals surface area contributed by atoms with Crippen molar-refractivity contribution < 1.29 is 8.78 Å². The Morgan fingerprint density at radius 1 is 1.60 bits per heavy atom. The number of alkyl halides is 3. The lowest BCUT2D eigenvalue weighted by molar-refractivity contribution is 0.149. The maximum atomic E-state index is 12.7. The van der Waals surface area contributed by atoms with E-state index in [-0.39, 0.29) is 28.0 Å². The van der Waals surface area contributed by atoms with Crippen LogP contribution in [0.25, 0.3) is 0 Å². The van der Waals surface area contributed by atoms with E-state index in [1.54, 1.807) is 6.07 Å². The van der Waals surface area contributed by atoms with Crippen LogP contribution in [0.15, 0.2) is 10.7 Å². The minimum Gasteiger partial charge on any atom is -0.259 e. The van der Waals surface area contributed by atoms with Crippen molar-refractivity contribution in [3.63, 3.8) is 0 Å². The molecule has 0 aliphatic rings. The van der Waals surface area contributed by atoms with Gasteiger partial charge in [-0.2, -0.15) is 5.26 Å². The Morgan fingerprint density at radius 3 is 2.73 bits per heavy atom. The molecule has 80 valence electrons. The second-order valence-corrected chi connectivity index (χ2v) is 3.79. The van der Waals surface area contributed by atoms with Gasteiger partial charge in [-0.05, 0) is 21.5 Å². The minimum atomic E-state index is -2.67. The van der Waals surface area contributed by atoms with Gasteiger partial charge < -0.3 is 0 Å². The molecule has 1 rings (SSSR count). The van der Waals surface area contributed by atoms with E-state index in [2.05, 4.69) is 20.9 Å². The number of halogens is 4. The van der Waals surface area contributed by atoms with Gasteiger partial charge in [0.25, 0.3) is 6.43 Å². The quantitative estimate of drug-likeness (QED) is 0.799. The van der Waals surface area contributed by atoms with Crippen molar-refractivity contribution in [2.24, 2.45) is 0 Å². The van der Waals surface area contributed by atoms with Crippen molar-refractivity contribution in [3.8, 4) is 6.07 Å². The average Bonchev–Trinajstić information content (AvgIpc) is 2.18. The summed E-state index contributed by atoms with van der Waals surface area (Å²) in [4.78, 5) is 3.80. The fourth-order valence-electron chi connectivity index (χ4n) is 1.11. The summed E-state index contributed by atoms with van der Waals surface area (Å²) in [7, 11) is 0. The fraction of sp³-hybridized carbons (Fsp3) is 0.333. The smallest absolute Gasteiger partial charge is 0.259 e. The van der Waals surface area contributed by atoms with Gasteiger partial charge in [-0.15, -0.1) is 11.6 Å². The first-order valence-corrected chi connectivity index (χ1v) is 5.31. The van der Waals surface area contributed by atoms with Gasteiger partial charge in [0.1, 0.15) is 0 Å². The molecule has 0 N–H and O–H groups in total. The van der Waals surface area contributed by atoms with Crippen LogP contribution < -0.4 is 0 Å². The van der Waals surface area contributed by atoms with E-state index in [1.165, 1.54) is 6.20 Å². The summed E-state index contributed by atoms with van der Waals surface area (Å²) < 4.78 is 25.7. The van der Waals surface area contributed by atoms with Crippen LogP contribution in [0.2, 0.25) is 0 Å². The van der Waals surface area contributed by atoms with Crippen LogP contribution >= 0.6 is 27.5 Å². The van der Waals surface area contributed by atoms with Gasteiger partial charge in [-0.25, -0.2) is 8.78 Å². The highest BCUT2D eigenvalue weighted by molar-refractivity contribution is 9.10. The number of rotatable bonds is 3. The van der Waals surface area contributed by atoms with Crippen molar-refractivity contribution in [2.75, 3.05) is 0 Å². The number of hydrogen-bond acceptors (Lipinski definition) is 2. The van der Waals surface area contributed by atoms with Crippen LogP contribution in [-0.2, 0) is 12.3 Å². The molecule has 0 fully saturated rings. The molecule has 2 nitrogen and oxygen atoms in total. The second kappa shape index (κ2) is 5.38. The summed E-state index contributed by atoms with van der Waals surface area (Å²) in [6.45, 7) is 0. The zero-order valence-electron chi connectivity index (χ0n) is 7.48. The zero-order chi connectivity index (χ0) is 11.4. The lowest BCUT2D eigenvalue weighted by atomic mass is 10.1. The van der Waals surface area contributed by atoms with Gasteiger partial charge in [0, 0.05) is 10.7 Å². The topological polar surface area (TPSA) is 36.7 Å². The molecule has 0 unspecified atom stereocenters. The maximum Gasteiger partial charge on any atom is 0.266 e. The Morgan fingerprint density at radius 2 is 2.27 bits per heavy atom. The van der Waals surface area contributed by atoms with Gasteiger partial charge in [0.05, 0.1) is 29.6 Å². The van der Waals surface area contributed by atoms with E-state index < -0.39 is 6.43 Å². The zero-order valence-corrected chi connectivity index (χ0v) is 9.82. The molecule has 0 aliphatic heterocycles. The molecular weight excluding hydrogens is 289 g/mol. The number of aromatic nitrogens is 1. The molecule has 0 saturated heterocycles. The SMILES string of the molecule is N#CCc1ncc(CCl)c(Br)c1C(F)F. The van der Waals surface area contributed by atoms with Crippen molar-refractivity contribution in [1.82, 2.24) is 4.98 Å². The molecule has 0 saturated carbocycles. The summed E-state index contributed by atoms with van der Waals surface area (Å²) in [5.41, 5.74) is 0.344. The highest BCUT2D eigenvalue weighted by atomic mass is 79.9. The van der Waals surface area contributed by atoms with E-state index in [0.29, 0.717) is 5.56 Å². The fourth-order valence-corrected chi connectivity index (χ4v) is 2.12. The summed E-state index contributed by atoms with van der Waals surface area (Å²) in [6.07, 6.45) is -1.41. The third-order valence-electron chi connectivity index (χ3n) is 1.81. The van der Waals surface area contributed by atoms with Crippen LogP contribution in [0.5, 0.6) is 0 Å². The van der Waals surface area contributed by atoms with Gasteiger partial charge in [0.2, 0.25) is 0 Å². The predicted molar refractivity (Wildman–Crippen MR) is 55.8 cm³/mol. The maximum absolute atomic E-state index is 12.7. The molecule has 0 aliphatic carbocycles. The van der Waals surface area contributed by atoms with E-state index in [0.717, 1.165) is 0 Å². The molecular formula is C9H6BrClF2N2. The lowest BCUT2D eigenvalue weighted by Crippen LogP contribution is -2.01. The summed E-state index contributed by atoms with van der Waals surface area (Å²) in [5, 5.41) is 8.47. The second-order valence-electron chi connectivity index (χ2n) is 2.73. The number of pyridine rings is 1. The van der Waals surface area contributed by atoms with Crippen molar-refractivity contribution in [2.45, 2.75) is 18.7 Å². The molecule has 6 heteroatoms. The van der Waals surface area contributed by atoms with Gasteiger partial charge in [-0.1, -0.05) is 0 Å². The standard InChI is InChI=1S/C9H6BrClF2N2/c10-8-5(3-11)4-15-6(1-2-14)7(8)9(12)13/h4,9H,1,3H2. The van der Waals surface area contributed by atoms with Crippen molar-refractivity contribution in [1.29, 1.82) is 5.26 Å². The molecule has 0 radical (unpaired) electrons. The minimum absolute atomic E-state index is 0.0910. The molecule has 0 spiro atoms. The van der Waals surface area contributed by atoms with Gasteiger partial charge >= 0.3 is 0 Å². The molecule has 0 atom stereocenters. The number of nitriles is 1. The normalized spacial score (nSPS) is 10.4. The van der Waals surface area contributed by atoms with Crippen LogP contribution in [0.1, 0.15) is 23.2 Å². The Labute approximate surface area is 99.0 Å². The Kier molecular flexibility index (Phi) is 4.43. The predicted octanol–water partition coefficient (Wildman–Crippen LogP) is 3.59. The van der Waals surface area contributed by atoms with Crippen molar-refractivity contribution in [3.05, 3.63) is 27.5 Å². The summed E-state index contributed by atoms with van der Waals surface area (Å²) in [5.74, 6) is 0.0974. The monoisotopic (exact) mass is 294 g/mol. The van der Waals surface area contributed by atoms with Crippen LogP contribution in [0.3, 0.4) is 0 Å². The largest absolute Gasteiger partial charge is 0.266 e.